The highest BCUT2D eigenvalue weighted by atomic mass is 15.1. The van der Waals surface area contributed by atoms with Gasteiger partial charge in [-0.25, -0.2) is 0 Å². The van der Waals surface area contributed by atoms with Gasteiger partial charge in [-0.05, 0) is 18.2 Å². The lowest BCUT2D eigenvalue weighted by Gasteiger charge is -2.16. The second-order valence-corrected chi connectivity index (χ2v) is 4.70. The topological polar surface area (TPSA) is 28.2 Å². The van der Waals surface area contributed by atoms with E-state index in [1.54, 1.807) is 0 Å². The molecule has 1 aromatic heterocycles. The van der Waals surface area contributed by atoms with Crippen LogP contribution in [0.5, 0.6) is 0 Å². The van der Waals surface area contributed by atoms with Crippen LogP contribution in [0.3, 0.4) is 0 Å². The fraction of sp³-hybridized carbons (Fsp3) is 0.533. The molecule has 0 radical (unpaired) electrons. The van der Waals surface area contributed by atoms with Gasteiger partial charge in [-0.3, -0.25) is 9.88 Å². The van der Waals surface area contributed by atoms with Gasteiger partial charge in [-0.2, -0.15) is 0 Å². The molecule has 1 heterocycles. The summed E-state index contributed by atoms with van der Waals surface area (Å²) in [6.07, 6.45) is 7.27. The zero-order valence-electron chi connectivity index (χ0n) is 11.6. The largest absolute Gasteiger partial charge is 0.310 e. The zero-order valence-corrected chi connectivity index (χ0v) is 11.6. The highest BCUT2D eigenvalue weighted by Crippen LogP contribution is 2.04. The molecule has 0 spiro atoms. The summed E-state index contributed by atoms with van der Waals surface area (Å²) in [5.41, 5.74) is 2.29. The van der Waals surface area contributed by atoms with Crippen molar-refractivity contribution in [2.45, 2.75) is 39.9 Å². The first kappa shape index (κ1) is 14.7. The second-order valence-electron chi connectivity index (χ2n) is 4.70. The Hall–Kier alpha value is -1.37. The van der Waals surface area contributed by atoms with Gasteiger partial charge >= 0.3 is 0 Å². The molecule has 0 bridgehead atoms. The lowest BCUT2D eigenvalue weighted by Crippen LogP contribution is -2.24. The molecule has 1 N–H and O–H groups in total. The quantitative estimate of drug-likeness (QED) is 0.745. The zero-order chi connectivity index (χ0) is 13.4. The van der Waals surface area contributed by atoms with Crippen LogP contribution >= 0.6 is 0 Å². The van der Waals surface area contributed by atoms with Crippen LogP contribution in [0.15, 0.2) is 18.3 Å². The van der Waals surface area contributed by atoms with Crippen molar-refractivity contribution < 1.29 is 0 Å². The van der Waals surface area contributed by atoms with Crippen molar-refractivity contribution in [3.63, 3.8) is 0 Å². The first-order chi connectivity index (χ1) is 8.65. The summed E-state index contributed by atoms with van der Waals surface area (Å²) in [6.45, 7) is 9.70. The van der Waals surface area contributed by atoms with Gasteiger partial charge in [0.05, 0.1) is 12.2 Å². The first-order valence-electron chi connectivity index (χ1n) is 6.48. The van der Waals surface area contributed by atoms with Crippen molar-refractivity contribution in [1.29, 1.82) is 0 Å². The minimum Gasteiger partial charge on any atom is -0.310 e. The minimum atomic E-state index is 0.496. The van der Waals surface area contributed by atoms with E-state index in [1.165, 1.54) is 5.56 Å². The summed E-state index contributed by atoms with van der Waals surface area (Å²) in [4.78, 5) is 6.67. The Morgan fingerprint density at radius 3 is 2.72 bits per heavy atom. The number of aromatic nitrogens is 1. The molecule has 0 aliphatic heterocycles. The van der Waals surface area contributed by atoms with Gasteiger partial charge in [0, 0.05) is 25.3 Å². The molecule has 3 nitrogen and oxygen atoms in total. The van der Waals surface area contributed by atoms with Gasteiger partial charge in [-0.15, -0.1) is 6.42 Å². The van der Waals surface area contributed by atoms with Crippen LogP contribution in [0.4, 0.5) is 0 Å². The first-order valence-corrected chi connectivity index (χ1v) is 6.48. The third kappa shape index (κ3) is 5.31. The normalized spacial score (nSPS) is 10.9. The van der Waals surface area contributed by atoms with E-state index in [1.807, 2.05) is 6.20 Å². The number of terminal acetylenes is 1. The Morgan fingerprint density at radius 2 is 2.22 bits per heavy atom. The Balaban J connectivity index is 2.52. The number of hydrogen-bond acceptors (Lipinski definition) is 3. The number of pyridine rings is 1. The fourth-order valence-electron chi connectivity index (χ4n) is 1.61. The van der Waals surface area contributed by atoms with E-state index < -0.39 is 0 Å². The lowest BCUT2D eigenvalue weighted by atomic mass is 10.2. The molecule has 0 unspecified atom stereocenters. The molecular weight excluding hydrogens is 222 g/mol. The average Bonchev–Trinajstić information content (AvgIpc) is 2.37. The predicted octanol–water partition coefficient (Wildman–Crippen LogP) is 2.03. The molecule has 0 saturated heterocycles. The van der Waals surface area contributed by atoms with Gasteiger partial charge < -0.3 is 5.32 Å². The van der Waals surface area contributed by atoms with E-state index in [2.05, 4.69) is 54.0 Å². The number of rotatable bonds is 7. The molecule has 98 valence electrons. The summed E-state index contributed by atoms with van der Waals surface area (Å²) in [5.74, 6) is 2.67. The van der Waals surface area contributed by atoms with Crippen molar-refractivity contribution in [1.82, 2.24) is 15.2 Å². The van der Waals surface area contributed by atoms with Crippen LogP contribution in [0.1, 0.15) is 32.0 Å². The van der Waals surface area contributed by atoms with Crippen LogP contribution in [-0.2, 0) is 13.1 Å². The molecule has 0 saturated carbocycles. The van der Waals surface area contributed by atoms with Crippen LogP contribution in [0, 0.1) is 12.3 Å². The molecule has 0 aromatic carbocycles. The third-order valence-corrected chi connectivity index (χ3v) is 2.75. The van der Waals surface area contributed by atoms with Gasteiger partial charge in [0.2, 0.25) is 0 Å². The Morgan fingerprint density at radius 1 is 1.44 bits per heavy atom. The van der Waals surface area contributed by atoms with E-state index in [9.17, 15) is 0 Å². The molecular formula is C15H23N3. The van der Waals surface area contributed by atoms with Crippen LogP contribution in [0.2, 0.25) is 0 Å². The van der Waals surface area contributed by atoms with E-state index in [-0.39, 0.29) is 0 Å². The Bertz CT molecular complexity index is 376. The van der Waals surface area contributed by atoms with Crippen molar-refractivity contribution in [3.05, 3.63) is 29.6 Å². The standard InChI is InChI=1S/C15H23N3/c1-5-9-18(6-2)12-15-8-7-14(11-17-15)10-16-13(3)4/h1,7-8,11,13,16H,6,9-10,12H2,2-4H3. The highest BCUT2D eigenvalue weighted by Gasteiger charge is 2.03. The maximum Gasteiger partial charge on any atom is 0.0602 e. The smallest absolute Gasteiger partial charge is 0.0602 e. The molecule has 1 aromatic rings. The summed E-state index contributed by atoms with van der Waals surface area (Å²) < 4.78 is 0. The maximum absolute atomic E-state index is 5.33. The molecule has 0 aliphatic rings. The van der Waals surface area contributed by atoms with Gasteiger partial charge in [0.1, 0.15) is 0 Å². The maximum atomic E-state index is 5.33. The molecule has 0 fully saturated rings. The van der Waals surface area contributed by atoms with E-state index >= 15 is 0 Å². The van der Waals surface area contributed by atoms with Crippen molar-refractivity contribution in [2.75, 3.05) is 13.1 Å². The van der Waals surface area contributed by atoms with Crippen molar-refractivity contribution >= 4 is 0 Å². The van der Waals surface area contributed by atoms with E-state index in [0.29, 0.717) is 12.6 Å². The summed E-state index contributed by atoms with van der Waals surface area (Å²) in [5, 5.41) is 3.38. The third-order valence-electron chi connectivity index (χ3n) is 2.75. The molecule has 0 atom stereocenters. The van der Waals surface area contributed by atoms with Crippen LogP contribution < -0.4 is 5.32 Å². The number of hydrogen-bond donors (Lipinski definition) is 1. The summed E-state index contributed by atoms with van der Waals surface area (Å²) in [7, 11) is 0. The SMILES string of the molecule is C#CCN(CC)Cc1ccc(CNC(C)C)cn1. The Kier molecular flexibility index (Phi) is 6.42. The van der Waals surface area contributed by atoms with Gasteiger partial charge in [-0.1, -0.05) is 32.8 Å². The predicted molar refractivity (Wildman–Crippen MR) is 76.0 cm³/mol. The minimum absolute atomic E-state index is 0.496. The van der Waals surface area contributed by atoms with Crippen LogP contribution in [-0.4, -0.2) is 29.0 Å². The van der Waals surface area contributed by atoms with Gasteiger partial charge in [0.15, 0.2) is 0 Å². The fourth-order valence-corrected chi connectivity index (χ4v) is 1.61. The molecule has 3 heteroatoms. The lowest BCUT2D eigenvalue weighted by molar-refractivity contribution is 0.312. The summed E-state index contributed by atoms with van der Waals surface area (Å²) in [6, 6.07) is 4.70. The van der Waals surface area contributed by atoms with Gasteiger partial charge in [0.25, 0.3) is 0 Å². The van der Waals surface area contributed by atoms with Crippen LogP contribution in [0.25, 0.3) is 0 Å². The van der Waals surface area contributed by atoms with Crippen molar-refractivity contribution in [3.8, 4) is 12.3 Å². The Labute approximate surface area is 111 Å². The molecule has 1 rings (SSSR count). The van der Waals surface area contributed by atoms with E-state index in [0.717, 1.165) is 25.3 Å². The summed E-state index contributed by atoms with van der Waals surface area (Å²) >= 11 is 0. The monoisotopic (exact) mass is 245 g/mol. The number of nitrogens with one attached hydrogen (secondary N) is 1. The highest BCUT2D eigenvalue weighted by molar-refractivity contribution is 5.14. The average molecular weight is 245 g/mol. The van der Waals surface area contributed by atoms with Crippen molar-refractivity contribution in [2.24, 2.45) is 0 Å². The van der Waals surface area contributed by atoms with E-state index in [4.69, 9.17) is 6.42 Å². The molecule has 18 heavy (non-hydrogen) atoms. The second kappa shape index (κ2) is 7.86. The molecule has 0 amide bonds. The number of nitrogens with zero attached hydrogens (tertiary/aromatic N) is 2. The molecule has 0 aliphatic carbocycles.